The Hall–Kier alpha value is -2.66. The lowest BCUT2D eigenvalue weighted by Crippen LogP contribution is -2.37. The van der Waals surface area contributed by atoms with Crippen LogP contribution >= 0.6 is 11.6 Å². The maximum absolute atomic E-state index is 12.0. The second-order valence-corrected chi connectivity index (χ2v) is 7.55. The van der Waals surface area contributed by atoms with Crippen LogP contribution in [0.5, 0.6) is 0 Å². The van der Waals surface area contributed by atoms with Crippen molar-refractivity contribution in [1.29, 1.82) is 0 Å². The number of nitrogens with one attached hydrogen (secondary N) is 1. The van der Waals surface area contributed by atoms with Crippen molar-refractivity contribution in [2.24, 2.45) is 0 Å². The molecule has 5 nitrogen and oxygen atoms in total. The molecule has 144 valence electrons. The highest BCUT2D eigenvalue weighted by molar-refractivity contribution is 6.30. The van der Waals surface area contributed by atoms with Crippen molar-refractivity contribution in [3.8, 4) is 22.4 Å². The van der Waals surface area contributed by atoms with Crippen LogP contribution < -0.4 is 0 Å². The molecular formula is C22H23ClN4O. The molecule has 1 amide bonds. The molecule has 1 N–H and O–H groups in total. The lowest BCUT2D eigenvalue weighted by Gasteiger charge is -2.32. The van der Waals surface area contributed by atoms with E-state index in [-0.39, 0.29) is 5.91 Å². The van der Waals surface area contributed by atoms with Gasteiger partial charge < -0.3 is 4.90 Å². The van der Waals surface area contributed by atoms with E-state index < -0.39 is 0 Å². The lowest BCUT2D eigenvalue weighted by molar-refractivity contribution is -0.131. The van der Waals surface area contributed by atoms with Crippen LogP contribution in [0.2, 0.25) is 5.02 Å². The van der Waals surface area contributed by atoms with Gasteiger partial charge >= 0.3 is 0 Å². The van der Waals surface area contributed by atoms with Crippen molar-refractivity contribution < 1.29 is 4.79 Å². The van der Waals surface area contributed by atoms with Gasteiger partial charge in [-0.05, 0) is 42.7 Å². The minimum atomic E-state index is 0.235. The van der Waals surface area contributed by atoms with Crippen LogP contribution in [0.1, 0.15) is 37.8 Å². The molecule has 6 heteroatoms. The zero-order valence-corrected chi connectivity index (χ0v) is 16.6. The Kier molecular flexibility index (Phi) is 5.44. The van der Waals surface area contributed by atoms with Crippen LogP contribution in [0.4, 0.5) is 0 Å². The minimum absolute atomic E-state index is 0.235. The third-order valence-electron chi connectivity index (χ3n) is 5.44. The zero-order chi connectivity index (χ0) is 19.5. The molecule has 0 radical (unpaired) electrons. The Morgan fingerprint density at radius 1 is 1.11 bits per heavy atom. The number of hydrogen-bond acceptors (Lipinski definition) is 3. The summed E-state index contributed by atoms with van der Waals surface area (Å²) in [6.07, 6.45) is 6.05. The fourth-order valence-electron chi connectivity index (χ4n) is 3.92. The van der Waals surface area contributed by atoms with E-state index >= 15 is 0 Å². The fourth-order valence-corrected chi connectivity index (χ4v) is 4.05. The number of likely N-dealkylation sites (tertiary alicyclic amines) is 1. The van der Waals surface area contributed by atoms with Gasteiger partial charge in [0.2, 0.25) is 5.91 Å². The van der Waals surface area contributed by atoms with Crippen molar-refractivity contribution in [2.75, 3.05) is 13.1 Å². The van der Waals surface area contributed by atoms with Gasteiger partial charge in [-0.3, -0.25) is 14.9 Å². The number of benzene rings is 1. The molecule has 0 aliphatic carbocycles. The average molecular weight is 395 g/mol. The predicted octanol–water partition coefficient (Wildman–Crippen LogP) is 4.91. The molecule has 1 aliphatic heterocycles. The SMILES string of the molecule is CCC(=O)N1CCC(c2[nH]nc(-c3ccc(Cl)cc3)c2-c2ccncc2)CC1. The van der Waals surface area contributed by atoms with E-state index in [2.05, 4.69) is 15.2 Å². The molecule has 3 aromatic rings. The van der Waals surface area contributed by atoms with E-state index in [0.717, 1.165) is 54.0 Å². The molecule has 0 atom stereocenters. The van der Waals surface area contributed by atoms with Gasteiger partial charge in [0.15, 0.2) is 0 Å². The molecular weight excluding hydrogens is 372 g/mol. The molecule has 1 saturated heterocycles. The van der Waals surface area contributed by atoms with Gasteiger partial charge in [0.1, 0.15) is 5.69 Å². The highest BCUT2D eigenvalue weighted by atomic mass is 35.5. The lowest BCUT2D eigenvalue weighted by atomic mass is 9.87. The van der Waals surface area contributed by atoms with E-state index in [9.17, 15) is 4.79 Å². The van der Waals surface area contributed by atoms with Crippen LogP contribution in [0.25, 0.3) is 22.4 Å². The van der Waals surface area contributed by atoms with Gasteiger partial charge in [-0.25, -0.2) is 0 Å². The number of piperidine rings is 1. The van der Waals surface area contributed by atoms with E-state index in [0.29, 0.717) is 17.4 Å². The Morgan fingerprint density at radius 2 is 1.79 bits per heavy atom. The summed E-state index contributed by atoms with van der Waals surface area (Å²) in [5, 5.41) is 8.68. The smallest absolute Gasteiger partial charge is 0.222 e. The second-order valence-electron chi connectivity index (χ2n) is 7.11. The van der Waals surface area contributed by atoms with Gasteiger partial charge in [-0.2, -0.15) is 5.10 Å². The number of carbonyl (C=O) groups is 1. The van der Waals surface area contributed by atoms with Crippen molar-refractivity contribution >= 4 is 17.5 Å². The molecule has 28 heavy (non-hydrogen) atoms. The monoisotopic (exact) mass is 394 g/mol. The molecule has 1 fully saturated rings. The first-order valence-corrected chi connectivity index (χ1v) is 10.1. The summed E-state index contributed by atoms with van der Waals surface area (Å²) >= 11 is 6.07. The Morgan fingerprint density at radius 3 is 2.43 bits per heavy atom. The summed E-state index contributed by atoms with van der Waals surface area (Å²) in [6, 6.07) is 11.8. The zero-order valence-electron chi connectivity index (χ0n) is 15.9. The van der Waals surface area contributed by atoms with E-state index in [1.165, 1.54) is 0 Å². The summed E-state index contributed by atoms with van der Waals surface area (Å²) in [6.45, 7) is 3.51. The molecule has 0 unspecified atom stereocenters. The van der Waals surface area contributed by atoms with Gasteiger partial charge in [0, 0.05) is 59.7 Å². The molecule has 2 aromatic heterocycles. The third kappa shape index (κ3) is 3.67. The summed E-state index contributed by atoms with van der Waals surface area (Å²) < 4.78 is 0. The molecule has 4 rings (SSSR count). The van der Waals surface area contributed by atoms with Crippen molar-refractivity contribution in [3.63, 3.8) is 0 Å². The summed E-state index contributed by atoms with van der Waals surface area (Å²) in [5.74, 6) is 0.580. The Balaban J connectivity index is 1.70. The van der Waals surface area contributed by atoms with Crippen molar-refractivity contribution in [3.05, 3.63) is 59.5 Å². The quantitative estimate of drug-likeness (QED) is 0.684. The predicted molar refractivity (Wildman–Crippen MR) is 111 cm³/mol. The van der Waals surface area contributed by atoms with Crippen LogP contribution in [0.15, 0.2) is 48.8 Å². The number of halogens is 1. The highest BCUT2D eigenvalue weighted by Gasteiger charge is 2.28. The molecule has 0 bridgehead atoms. The number of nitrogens with zero attached hydrogens (tertiary/aromatic N) is 3. The highest BCUT2D eigenvalue weighted by Crippen LogP contribution is 2.39. The summed E-state index contributed by atoms with van der Waals surface area (Å²) in [5.41, 5.74) is 5.29. The minimum Gasteiger partial charge on any atom is -0.343 e. The van der Waals surface area contributed by atoms with Crippen LogP contribution in [0.3, 0.4) is 0 Å². The molecule has 1 aromatic carbocycles. The summed E-state index contributed by atoms with van der Waals surface area (Å²) in [4.78, 5) is 18.1. The number of H-pyrrole nitrogens is 1. The first-order chi connectivity index (χ1) is 13.7. The van der Waals surface area contributed by atoms with Crippen LogP contribution in [-0.2, 0) is 4.79 Å². The average Bonchev–Trinajstić information content (AvgIpc) is 3.19. The summed E-state index contributed by atoms with van der Waals surface area (Å²) in [7, 11) is 0. The standard InChI is InChI=1S/C22H23ClN4O/c1-2-19(28)27-13-9-17(10-14-27)22-20(15-7-11-24-12-8-15)21(25-26-22)16-3-5-18(23)6-4-16/h3-8,11-12,17H,2,9-10,13-14H2,1H3,(H,25,26). The second kappa shape index (κ2) is 8.15. The maximum atomic E-state index is 12.0. The number of aromatic nitrogens is 3. The van der Waals surface area contributed by atoms with Gasteiger partial charge in [0.25, 0.3) is 0 Å². The van der Waals surface area contributed by atoms with E-state index in [4.69, 9.17) is 11.6 Å². The Labute approximate surface area is 169 Å². The Bertz CT molecular complexity index is 944. The fraction of sp³-hybridized carbons (Fsp3) is 0.318. The van der Waals surface area contributed by atoms with E-state index in [1.54, 1.807) is 12.4 Å². The molecule has 0 spiro atoms. The normalized spacial score (nSPS) is 15.0. The maximum Gasteiger partial charge on any atom is 0.222 e. The van der Waals surface area contributed by atoms with Crippen LogP contribution in [0, 0.1) is 0 Å². The number of amides is 1. The number of carbonyl (C=O) groups excluding carboxylic acids is 1. The van der Waals surface area contributed by atoms with E-state index in [1.807, 2.05) is 48.2 Å². The van der Waals surface area contributed by atoms with Crippen molar-refractivity contribution in [1.82, 2.24) is 20.1 Å². The molecule has 1 aliphatic rings. The number of pyridine rings is 1. The number of rotatable bonds is 4. The molecule has 3 heterocycles. The first kappa shape index (κ1) is 18.7. The van der Waals surface area contributed by atoms with Crippen LogP contribution in [-0.4, -0.2) is 39.1 Å². The number of aromatic amines is 1. The molecule has 0 saturated carbocycles. The third-order valence-corrected chi connectivity index (χ3v) is 5.69. The van der Waals surface area contributed by atoms with Crippen molar-refractivity contribution in [2.45, 2.75) is 32.1 Å². The van der Waals surface area contributed by atoms with Gasteiger partial charge in [-0.15, -0.1) is 0 Å². The number of hydrogen-bond donors (Lipinski definition) is 1. The largest absolute Gasteiger partial charge is 0.343 e. The topological polar surface area (TPSA) is 61.9 Å². The van der Waals surface area contributed by atoms with Gasteiger partial charge in [0.05, 0.1) is 0 Å². The first-order valence-electron chi connectivity index (χ1n) is 9.69. The van der Waals surface area contributed by atoms with Gasteiger partial charge in [-0.1, -0.05) is 30.7 Å².